The summed E-state index contributed by atoms with van der Waals surface area (Å²) >= 11 is 0. The van der Waals surface area contributed by atoms with Crippen molar-refractivity contribution in [3.05, 3.63) is 0 Å². The van der Waals surface area contributed by atoms with E-state index in [4.69, 9.17) is 10.2 Å². The largest absolute Gasteiger partial charge is 0.481 e. The third-order valence-corrected chi connectivity index (χ3v) is 2.79. The molecule has 1 atom stereocenters. The number of amides is 1. The Bertz CT molecular complexity index is 446. The van der Waals surface area contributed by atoms with Gasteiger partial charge in [0.15, 0.2) is 0 Å². The number of carboxylic acid groups (broad SMARTS) is 2. The Balaban J connectivity index is 4.10. The van der Waals surface area contributed by atoms with Crippen LogP contribution < -0.4 is 9.44 Å². The molecule has 0 heterocycles. The van der Waals surface area contributed by atoms with Gasteiger partial charge in [0.25, 0.3) is 0 Å². The monoisotopic (exact) mass is 298 g/mol. The number of carboxylic acids is 2. The molecule has 0 bridgehead atoms. The van der Waals surface area contributed by atoms with E-state index >= 15 is 0 Å². The van der Waals surface area contributed by atoms with Gasteiger partial charge in [-0.05, 0) is 13.3 Å². The van der Waals surface area contributed by atoms with E-state index in [0.717, 1.165) is 6.92 Å². The standard InChI is InChI=1S/C8H14N2O8S/c1-5(7(13)14)9-19(16,17)10-8(15)18-4-2-3-6(11)12/h5,9H,2-4H2,1H3,(H,10,15)(H,11,12)(H,13,14). The molecule has 0 aromatic rings. The molecule has 0 aromatic carbocycles. The molecule has 4 N–H and O–H groups in total. The minimum absolute atomic E-state index is 0.0295. The second-order valence-corrected chi connectivity index (χ2v) is 4.86. The van der Waals surface area contributed by atoms with E-state index in [2.05, 4.69) is 4.74 Å². The molecule has 0 rings (SSSR count). The van der Waals surface area contributed by atoms with Crippen molar-refractivity contribution < 1.29 is 37.8 Å². The molecule has 110 valence electrons. The Hall–Kier alpha value is -1.88. The zero-order chi connectivity index (χ0) is 15.1. The third-order valence-electron chi connectivity index (χ3n) is 1.69. The molecule has 0 saturated heterocycles. The molecule has 0 saturated carbocycles. The number of carbonyl (C=O) groups excluding carboxylic acids is 1. The van der Waals surface area contributed by atoms with Gasteiger partial charge in [-0.2, -0.15) is 13.1 Å². The fourth-order valence-electron chi connectivity index (χ4n) is 0.840. The lowest BCUT2D eigenvalue weighted by atomic mass is 10.3. The van der Waals surface area contributed by atoms with Crippen LogP contribution in [0, 0.1) is 0 Å². The highest BCUT2D eigenvalue weighted by molar-refractivity contribution is 7.88. The molecule has 0 aliphatic rings. The van der Waals surface area contributed by atoms with Crippen molar-refractivity contribution in [2.24, 2.45) is 0 Å². The molecule has 0 aliphatic carbocycles. The number of rotatable bonds is 8. The zero-order valence-electron chi connectivity index (χ0n) is 9.95. The van der Waals surface area contributed by atoms with Crippen LogP contribution in [-0.2, 0) is 24.5 Å². The van der Waals surface area contributed by atoms with Crippen molar-refractivity contribution in [1.82, 2.24) is 9.44 Å². The summed E-state index contributed by atoms with van der Waals surface area (Å²) in [5.41, 5.74) is 0. The zero-order valence-corrected chi connectivity index (χ0v) is 10.8. The van der Waals surface area contributed by atoms with Crippen molar-refractivity contribution >= 4 is 28.2 Å². The van der Waals surface area contributed by atoms with Gasteiger partial charge in [0, 0.05) is 6.42 Å². The van der Waals surface area contributed by atoms with Gasteiger partial charge >= 0.3 is 28.2 Å². The smallest absolute Gasteiger partial charge is 0.421 e. The maximum atomic E-state index is 11.2. The van der Waals surface area contributed by atoms with Crippen molar-refractivity contribution in [1.29, 1.82) is 0 Å². The van der Waals surface area contributed by atoms with Gasteiger partial charge in [0.05, 0.1) is 6.61 Å². The molecule has 0 spiro atoms. The molecule has 0 aromatic heterocycles. The van der Waals surface area contributed by atoms with Crippen LogP contribution in [0.5, 0.6) is 0 Å². The number of hydrogen-bond acceptors (Lipinski definition) is 6. The summed E-state index contributed by atoms with van der Waals surface area (Å²) in [6.07, 6.45) is -1.52. The molecule has 11 heteroatoms. The summed E-state index contributed by atoms with van der Waals surface area (Å²) in [7, 11) is -4.35. The lowest BCUT2D eigenvalue weighted by Gasteiger charge is -2.11. The Morgan fingerprint density at radius 1 is 1.26 bits per heavy atom. The van der Waals surface area contributed by atoms with Crippen LogP contribution in [0.2, 0.25) is 0 Å². The first-order chi connectivity index (χ1) is 8.64. The SMILES string of the molecule is CC(NS(=O)(=O)NC(=O)OCCCC(=O)O)C(=O)O. The van der Waals surface area contributed by atoms with Crippen LogP contribution in [0.3, 0.4) is 0 Å². The number of hydrogen-bond donors (Lipinski definition) is 4. The van der Waals surface area contributed by atoms with Crippen LogP contribution in [0.1, 0.15) is 19.8 Å². The Morgan fingerprint density at radius 2 is 1.84 bits per heavy atom. The lowest BCUT2D eigenvalue weighted by Crippen LogP contribution is -2.47. The second-order valence-electron chi connectivity index (χ2n) is 3.42. The summed E-state index contributed by atoms with van der Waals surface area (Å²) in [6.45, 7) is 0.794. The van der Waals surface area contributed by atoms with Crippen molar-refractivity contribution in [3.63, 3.8) is 0 Å². The normalized spacial score (nSPS) is 12.5. The molecule has 0 aliphatic heterocycles. The molecule has 0 radical (unpaired) electrons. The highest BCUT2D eigenvalue weighted by atomic mass is 32.2. The van der Waals surface area contributed by atoms with Crippen molar-refractivity contribution in [2.75, 3.05) is 6.61 Å². The van der Waals surface area contributed by atoms with Crippen LogP contribution in [0.15, 0.2) is 0 Å². The molecular weight excluding hydrogens is 284 g/mol. The number of ether oxygens (including phenoxy) is 1. The maximum absolute atomic E-state index is 11.2. The van der Waals surface area contributed by atoms with Crippen molar-refractivity contribution in [2.45, 2.75) is 25.8 Å². The first-order valence-corrected chi connectivity index (χ1v) is 6.54. The van der Waals surface area contributed by atoms with E-state index in [9.17, 15) is 22.8 Å². The summed E-state index contributed by atoms with van der Waals surface area (Å²) in [5.74, 6) is -2.49. The Morgan fingerprint density at radius 3 is 2.32 bits per heavy atom. The van der Waals surface area contributed by atoms with Gasteiger partial charge in [-0.15, -0.1) is 0 Å². The van der Waals surface area contributed by atoms with E-state index < -0.39 is 34.3 Å². The first-order valence-electron chi connectivity index (χ1n) is 5.05. The van der Waals surface area contributed by atoms with Crippen LogP contribution in [0.4, 0.5) is 4.79 Å². The van der Waals surface area contributed by atoms with E-state index in [0.29, 0.717) is 0 Å². The second kappa shape index (κ2) is 7.53. The van der Waals surface area contributed by atoms with Gasteiger partial charge in [-0.25, -0.2) is 9.52 Å². The maximum Gasteiger partial charge on any atom is 0.421 e. The Labute approximate surface area is 108 Å². The van der Waals surface area contributed by atoms with Gasteiger partial charge in [0.2, 0.25) is 0 Å². The first kappa shape index (κ1) is 17.1. The minimum atomic E-state index is -4.35. The van der Waals surface area contributed by atoms with Gasteiger partial charge < -0.3 is 14.9 Å². The molecule has 10 nitrogen and oxygen atoms in total. The van der Waals surface area contributed by atoms with E-state index in [1.807, 2.05) is 0 Å². The fraction of sp³-hybridized carbons (Fsp3) is 0.625. The van der Waals surface area contributed by atoms with Gasteiger partial charge in [0.1, 0.15) is 6.04 Å². The number of carbonyl (C=O) groups is 3. The topological polar surface area (TPSA) is 159 Å². The summed E-state index contributed by atoms with van der Waals surface area (Å²) in [6, 6.07) is -1.42. The summed E-state index contributed by atoms with van der Waals surface area (Å²) in [5, 5.41) is 16.8. The molecule has 1 unspecified atom stereocenters. The highest BCUT2D eigenvalue weighted by Crippen LogP contribution is 1.92. The predicted molar refractivity (Wildman–Crippen MR) is 60.5 cm³/mol. The minimum Gasteiger partial charge on any atom is -0.481 e. The number of nitrogens with one attached hydrogen (secondary N) is 2. The summed E-state index contributed by atoms with van der Waals surface area (Å²) < 4.78 is 29.9. The summed E-state index contributed by atoms with van der Waals surface area (Å²) in [4.78, 5) is 31.6. The van der Waals surface area contributed by atoms with E-state index in [1.54, 1.807) is 4.72 Å². The van der Waals surface area contributed by atoms with Crippen LogP contribution in [0.25, 0.3) is 0 Å². The molecular formula is C8H14N2O8S. The van der Waals surface area contributed by atoms with E-state index in [1.165, 1.54) is 4.72 Å². The average Bonchev–Trinajstić information content (AvgIpc) is 2.22. The third kappa shape index (κ3) is 8.79. The van der Waals surface area contributed by atoms with Gasteiger partial charge in [-0.3, -0.25) is 9.59 Å². The number of aliphatic carboxylic acids is 2. The average molecular weight is 298 g/mol. The van der Waals surface area contributed by atoms with Crippen molar-refractivity contribution in [3.8, 4) is 0 Å². The van der Waals surface area contributed by atoms with Gasteiger partial charge in [-0.1, -0.05) is 0 Å². The predicted octanol–water partition coefficient (Wildman–Crippen LogP) is -1.12. The fourth-order valence-corrected chi connectivity index (χ4v) is 1.74. The lowest BCUT2D eigenvalue weighted by molar-refractivity contribution is -0.139. The van der Waals surface area contributed by atoms with Crippen LogP contribution in [-0.4, -0.2) is 49.3 Å². The molecule has 1 amide bonds. The quantitative estimate of drug-likeness (QED) is 0.410. The molecule has 0 fully saturated rings. The Kier molecular flexibility index (Phi) is 6.79. The molecule has 19 heavy (non-hydrogen) atoms. The van der Waals surface area contributed by atoms with Crippen LogP contribution >= 0.6 is 0 Å². The highest BCUT2D eigenvalue weighted by Gasteiger charge is 2.21. The van der Waals surface area contributed by atoms with E-state index in [-0.39, 0.29) is 19.4 Å².